The Morgan fingerprint density at radius 3 is 2.83 bits per heavy atom. The van der Waals surface area contributed by atoms with Crippen LogP contribution in [0.15, 0.2) is 0 Å². The molecule has 18 heavy (non-hydrogen) atoms. The lowest BCUT2D eigenvalue weighted by Gasteiger charge is -2.37. The summed E-state index contributed by atoms with van der Waals surface area (Å²) in [6.45, 7) is 3.30. The van der Waals surface area contributed by atoms with Gasteiger partial charge in [0.15, 0.2) is 0 Å². The smallest absolute Gasteiger partial charge is 0.208 e. The van der Waals surface area contributed by atoms with E-state index in [2.05, 4.69) is 10.0 Å². The van der Waals surface area contributed by atoms with Gasteiger partial charge in [-0.3, -0.25) is 0 Å². The maximum Gasteiger partial charge on any atom is 0.208 e. The molecule has 0 aliphatic carbocycles. The summed E-state index contributed by atoms with van der Waals surface area (Å²) in [7, 11) is -3.08. The SMILES string of the molecule is CS(=O)(=O)NCCNC1CCOC2(CCOC2)C1. The first kappa shape index (κ1) is 14.2. The Labute approximate surface area is 108 Å². The predicted octanol–water partition coefficient (Wildman–Crippen LogP) is -0.537. The van der Waals surface area contributed by atoms with Gasteiger partial charge in [-0.15, -0.1) is 0 Å². The molecule has 0 saturated carbocycles. The van der Waals surface area contributed by atoms with Crippen LogP contribution in [0, 0.1) is 0 Å². The molecule has 2 heterocycles. The van der Waals surface area contributed by atoms with Crippen LogP contribution in [0.4, 0.5) is 0 Å². The Morgan fingerprint density at radius 1 is 1.33 bits per heavy atom. The molecule has 1 spiro atoms. The van der Waals surface area contributed by atoms with Crippen LogP contribution in [0.2, 0.25) is 0 Å². The van der Waals surface area contributed by atoms with Crippen molar-refractivity contribution in [3.8, 4) is 0 Å². The van der Waals surface area contributed by atoms with Gasteiger partial charge in [0.1, 0.15) is 0 Å². The summed E-state index contributed by atoms with van der Waals surface area (Å²) in [4.78, 5) is 0. The molecule has 0 radical (unpaired) electrons. The number of hydrogen-bond acceptors (Lipinski definition) is 5. The van der Waals surface area contributed by atoms with Gasteiger partial charge < -0.3 is 14.8 Å². The average molecular weight is 278 g/mol. The first-order valence-electron chi connectivity index (χ1n) is 6.39. The van der Waals surface area contributed by atoms with Crippen LogP contribution in [-0.2, 0) is 19.5 Å². The Kier molecular flexibility index (Phi) is 4.60. The molecule has 7 heteroatoms. The molecule has 0 bridgehead atoms. The highest BCUT2D eigenvalue weighted by molar-refractivity contribution is 7.88. The second-order valence-electron chi connectivity index (χ2n) is 5.14. The molecule has 2 atom stereocenters. The Balaban J connectivity index is 1.70. The highest BCUT2D eigenvalue weighted by Gasteiger charge is 2.40. The number of hydrogen-bond donors (Lipinski definition) is 2. The number of sulfonamides is 1. The molecule has 2 fully saturated rings. The molecule has 0 aromatic heterocycles. The van der Waals surface area contributed by atoms with Crippen molar-refractivity contribution in [1.82, 2.24) is 10.0 Å². The van der Waals surface area contributed by atoms with E-state index in [1.165, 1.54) is 6.26 Å². The minimum absolute atomic E-state index is 0.0970. The van der Waals surface area contributed by atoms with Crippen molar-refractivity contribution >= 4 is 10.0 Å². The fourth-order valence-corrected chi connectivity index (χ4v) is 3.05. The Bertz CT molecular complexity index is 365. The predicted molar refractivity (Wildman–Crippen MR) is 68.0 cm³/mol. The molecular formula is C11H22N2O4S. The van der Waals surface area contributed by atoms with Crippen LogP contribution in [0.25, 0.3) is 0 Å². The molecular weight excluding hydrogens is 256 g/mol. The molecule has 2 unspecified atom stereocenters. The lowest BCUT2D eigenvalue weighted by molar-refractivity contribution is -0.0891. The number of ether oxygens (including phenoxy) is 2. The van der Waals surface area contributed by atoms with Crippen LogP contribution < -0.4 is 10.0 Å². The molecule has 2 aliphatic rings. The van der Waals surface area contributed by atoms with Crippen LogP contribution >= 0.6 is 0 Å². The zero-order valence-electron chi connectivity index (χ0n) is 10.8. The highest BCUT2D eigenvalue weighted by atomic mass is 32.2. The molecule has 2 aliphatic heterocycles. The highest BCUT2D eigenvalue weighted by Crippen LogP contribution is 2.32. The van der Waals surface area contributed by atoms with E-state index < -0.39 is 10.0 Å². The monoisotopic (exact) mass is 278 g/mol. The van der Waals surface area contributed by atoms with Gasteiger partial charge in [-0.2, -0.15) is 0 Å². The van der Waals surface area contributed by atoms with Gasteiger partial charge in [-0.25, -0.2) is 13.1 Å². The Morgan fingerprint density at radius 2 is 2.17 bits per heavy atom. The first-order valence-corrected chi connectivity index (χ1v) is 8.28. The van der Waals surface area contributed by atoms with Crippen molar-refractivity contribution in [1.29, 1.82) is 0 Å². The summed E-state index contributed by atoms with van der Waals surface area (Å²) in [5.41, 5.74) is -0.0970. The van der Waals surface area contributed by atoms with E-state index in [0.717, 1.165) is 32.5 Å². The molecule has 0 amide bonds. The number of rotatable bonds is 5. The van der Waals surface area contributed by atoms with Gasteiger partial charge in [0.2, 0.25) is 10.0 Å². The third-order valence-corrected chi connectivity index (χ3v) is 4.21. The summed E-state index contributed by atoms with van der Waals surface area (Å²) in [5.74, 6) is 0. The molecule has 106 valence electrons. The first-order chi connectivity index (χ1) is 8.49. The van der Waals surface area contributed by atoms with E-state index >= 15 is 0 Å². The Hall–Kier alpha value is -0.210. The van der Waals surface area contributed by atoms with Crippen molar-refractivity contribution in [3.05, 3.63) is 0 Å². The van der Waals surface area contributed by atoms with Gasteiger partial charge >= 0.3 is 0 Å². The van der Waals surface area contributed by atoms with Crippen molar-refractivity contribution in [2.24, 2.45) is 0 Å². The normalized spacial score (nSPS) is 33.1. The van der Waals surface area contributed by atoms with Crippen LogP contribution in [0.3, 0.4) is 0 Å². The fraction of sp³-hybridized carbons (Fsp3) is 1.00. The van der Waals surface area contributed by atoms with E-state index in [0.29, 0.717) is 25.7 Å². The number of nitrogens with one attached hydrogen (secondary N) is 2. The standard InChI is InChI=1S/C11H22N2O4S/c1-18(14,15)13-5-4-12-10-2-6-17-11(8-10)3-7-16-9-11/h10,12-13H,2-9H2,1H3. The molecule has 2 rings (SSSR count). The van der Waals surface area contributed by atoms with Crippen molar-refractivity contribution < 1.29 is 17.9 Å². The minimum Gasteiger partial charge on any atom is -0.378 e. The molecule has 6 nitrogen and oxygen atoms in total. The van der Waals surface area contributed by atoms with Crippen molar-refractivity contribution in [2.75, 3.05) is 39.2 Å². The van der Waals surface area contributed by atoms with Crippen LogP contribution in [-0.4, -0.2) is 59.2 Å². The summed E-state index contributed by atoms with van der Waals surface area (Å²) < 4.78 is 35.6. The zero-order chi connectivity index (χ0) is 13.1. The quantitative estimate of drug-likeness (QED) is 0.661. The maximum absolute atomic E-state index is 10.9. The summed E-state index contributed by atoms with van der Waals surface area (Å²) >= 11 is 0. The van der Waals surface area contributed by atoms with Crippen molar-refractivity contribution in [2.45, 2.75) is 30.9 Å². The fourth-order valence-electron chi connectivity index (χ4n) is 2.58. The third kappa shape index (κ3) is 4.17. The lowest BCUT2D eigenvalue weighted by Crippen LogP contribution is -2.48. The third-order valence-electron chi connectivity index (χ3n) is 3.48. The van der Waals surface area contributed by atoms with E-state index in [1.807, 2.05) is 0 Å². The van der Waals surface area contributed by atoms with Crippen LogP contribution in [0.5, 0.6) is 0 Å². The van der Waals surface area contributed by atoms with Gasteiger partial charge in [0, 0.05) is 38.8 Å². The largest absolute Gasteiger partial charge is 0.378 e. The summed E-state index contributed by atoms with van der Waals surface area (Å²) in [5, 5.41) is 3.38. The zero-order valence-corrected chi connectivity index (χ0v) is 11.6. The van der Waals surface area contributed by atoms with E-state index in [-0.39, 0.29) is 5.60 Å². The van der Waals surface area contributed by atoms with Gasteiger partial charge in [0.25, 0.3) is 0 Å². The topological polar surface area (TPSA) is 76.7 Å². The maximum atomic E-state index is 10.9. The second kappa shape index (κ2) is 5.83. The van der Waals surface area contributed by atoms with Gasteiger partial charge in [0.05, 0.1) is 18.5 Å². The average Bonchev–Trinajstić information content (AvgIpc) is 2.72. The van der Waals surface area contributed by atoms with E-state index in [9.17, 15) is 8.42 Å². The van der Waals surface area contributed by atoms with Crippen LogP contribution in [0.1, 0.15) is 19.3 Å². The lowest BCUT2D eigenvalue weighted by atomic mass is 9.90. The van der Waals surface area contributed by atoms with Gasteiger partial charge in [-0.05, 0) is 12.8 Å². The minimum atomic E-state index is -3.08. The molecule has 0 aromatic rings. The van der Waals surface area contributed by atoms with E-state index in [1.54, 1.807) is 0 Å². The molecule has 2 saturated heterocycles. The van der Waals surface area contributed by atoms with E-state index in [4.69, 9.17) is 9.47 Å². The summed E-state index contributed by atoms with van der Waals surface area (Å²) in [6.07, 6.45) is 4.06. The second-order valence-corrected chi connectivity index (χ2v) is 6.98. The van der Waals surface area contributed by atoms with Crippen molar-refractivity contribution in [3.63, 3.8) is 0 Å². The molecule has 0 aromatic carbocycles. The molecule has 2 N–H and O–H groups in total. The summed E-state index contributed by atoms with van der Waals surface area (Å²) in [6, 6.07) is 0.391. The van der Waals surface area contributed by atoms with Gasteiger partial charge in [-0.1, -0.05) is 0 Å².